The molecule has 1 N–H and O–H groups in total. The second kappa shape index (κ2) is 6.17. The number of thiazole rings is 1. The summed E-state index contributed by atoms with van der Waals surface area (Å²) >= 11 is 1.63. The molecule has 1 heterocycles. The molecule has 0 aliphatic carbocycles. The van der Waals surface area contributed by atoms with Gasteiger partial charge in [-0.05, 0) is 26.8 Å². The zero-order chi connectivity index (χ0) is 13.8. The van der Waals surface area contributed by atoms with Gasteiger partial charge in [0.2, 0.25) is 0 Å². The van der Waals surface area contributed by atoms with Gasteiger partial charge in [-0.1, -0.05) is 17.7 Å². The van der Waals surface area contributed by atoms with Crippen molar-refractivity contribution in [2.24, 2.45) is 0 Å². The topological polar surface area (TPSA) is 34.1 Å². The molecule has 0 spiro atoms. The maximum absolute atomic E-state index is 5.44. The van der Waals surface area contributed by atoms with Crippen LogP contribution < -0.4 is 10.1 Å². The predicted octanol–water partition coefficient (Wildman–Crippen LogP) is 3.87. The van der Waals surface area contributed by atoms with Crippen molar-refractivity contribution in [1.82, 2.24) is 10.3 Å². The average Bonchev–Trinajstić information content (AvgIpc) is 2.92. The van der Waals surface area contributed by atoms with Gasteiger partial charge in [0, 0.05) is 23.0 Å². The molecule has 0 amide bonds. The third-order valence-corrected chi connectivity index (χ3v) is 3.85. The Labute approximate surface area is 118 Å². The van der Waals surface area contributed by atoms with E-state index in [1.165, 1.54) is 11.1 Å². The molecule has 0 aliphatic rings. The first-order valence-electron chi connectivity index (χ1n) is 6.40. The van der Waals surface area contributed by atoms with Crippen LogP contribution in [0.3, 0.4) is 0 Å². The standard InChI is InChI=1S/C15H20N2OS/c1-10-5-6-15(18-4)13(7-10)11(2)17-12(3)14-8-19-9-16-14/h5-9,11-12,17H,1-4H3. The lowest BCUT2D eigenvalue weighted by Crippen LogP contribution is -2.23. The van der Waals surface area contributed by atoms with E-state index in [-0.39, 0.29) is 12.1 Å². The second-order valence-electron chi connectivity index (χ2n) is 4.77. The van der Waals surface area contributed by atoms with E-state index in [9.17, 15) is 0 Å². The van der Waals surface area contributed by atoms with Gasteiger partial charge in [0.05, 0.1) is 18.3 Å². The summed E-state index contributed by atoms with van der Waals surface area (Å²) in [4.78, 5) is 4.35. The van der Waals surface area contributed by atoms with Gasteiger partial charge < -0.3 is 10.1 Å². The summed E-state index contributed by atoms with van der Waals surface area (Å²) < 4.78 is 5.44. The van der Waals surface area contributed by atoms with Crippen LogP contribution in [-0.4, -0.2) is 12.1 Å². The summed E-state index contributed by atoms with van der Waals surface area (Å²) in [6.45, 7) is 6.38. The van der Waals surface area contributed by atoms with Gasteiger partial charge in [-0.25, -0.2) is 4.98 Å². The number of ether oxygens (including phenoxy) is 1. The van der Waals surface area contributed by atoms with Gasteiger partial charge in [-0.2, -0.15) is 0 Å². The molecule has 2 aromatic rings. The number of aromatic nitrogens is 1. The second-order valence-corrected chi connectivity index (χ2v) is 5.49. The van der Waals surface area contributed by atoms with Crippen LogP contribution in [0.2, 0.25) is 0 Å². The fourth-order valence-corrected chi connectivity index (χ4v) is 2.83. The van der Waals surface area contributed by atoms with E-state index >= 15 is 0 Å². The van der Waals surface area contributed by atoms with E-state index in [0.717, 1.165) is 11.4 Å². The van der Waals surface area contributed by atoms with E-state index < -0.39 is 0 Å². The molecule has 4 heteroatoms. The average molecular weight is 276 g/mol. The molecule has 2 atom stereocenters. The Hall–Kier alpha value is -1.39. The van der Waals surface area contributed by atoms with Gasteiger partial charge in [-0.15, -0.1) is 11.3 Å². The Balaban J connectivity index is 2.15. The van der Waals surface area contributed by atoms with E-state index in [0.29, 0.717) is 0 Å². The SMILES string of the molecule is COc1ccc(C)cc1C(C)NC(C)c1cscn1. The number of benzene rings is 1. The Morgan fingerprint density at radius 1 is 1.26 bits per heavy atom. The normalized spacial score (nSPS) is 14.1. The lowest BCUT2D eigenvalue weighted by molar-refractivity contribution is 0.396. The summed E-state index contributed by atoms with van der Waals surface area (Å²) in [5.41, 5.74) is 5.38. The zero-order valence-electron chi connectivity index (χ0n) is 11.8. The minimum Gasteiger partial charge on any atom is -0.496 e. The third-order valence-electron chi connectivity index (χ3n) is 3.25. The molecular formula is C15H20N2OS. The van der Waals surface area contributed by atoms with Crippen molar-refractivity contribution in [3.8, 4) is 5.75 Å². The van der Waals surface area contributed by atoms with Gasteiger partial charge in [-0.3, -0.25) is 0 Å². The van der Waals surface area contributed by atoms with Crippen LogP contribution >= 0.6 is 11.3 Å². The van der Waals surface area contributed by atoms with Crippen molar-refractivity contribution in [3.63, 3.8) is 0 Å². The van der Waals surface area contributed by atoms with Crippen molar-refractivity contribution >= 4 is 11.3 Å². The Morgan fingerprint density at radius 3 is 2.68 bits per heavy atom. The highest BCUT2D eigenvalue weighted by Gasteiger charge is 2.15. The number of rotatable bonds is 5. The summed E-state index contributed by atoms with van der Waals surface area (Å²) in [6.07, 6.45) is 0. The van der Waals surface area contributed by atoms with Crippen LogP contribution in [-0.2, 0) is 0 Å². The van der Waals surface area contributed by atoms with Crippen molar-refractivity contribution in [1.29, 1.82) is 0 Å². The Bertz CT molecular complexity index is 525. The smallest absolute Gasteiger partial charge is 0.123 e. The molecular weight excluding hydrogens is 256 g/mol. The molecule has 0 saturated carbocycles. The first-order chi connectivity index (χ1) is 9.11. The van der Waals surface area contributed by atoms with Crippen LogP contribution in [0.1, 0.15) is 42.8 Å². The minimum atomic E-state index is 0.214. The summed E-state index contributed by atoms with van der Waals surface area (Å²) in [7, 11) is 1.71. The highest BCUT2D eigenvalue weighted by atomic mass is 32.1. The lowest BCUT2D eigenvalue weighted by atomic mass is 10.0. The largest absolute Gasteiger partial charge is 0.496 e. The van der Waals surface area contributed by atoms with E-state index in [1.54, 1.807) is 18.4 Å². The molecule has 0 aliphatic heterocycles. The van der Waals surface area contributed by atoms with Gasteiger partial charge in [0.25, 0.3) is 0 Å². The summed E-state index contributed by atoms with van der Waals surface area (Å²) in [6, 6.07) is 6.71. The third kappa shape index (κ3) is 3.33. The first kappa shape index (κ1) is 14.0. The quantitative estimate of drug-likeness (QED) is 0.900. The molecule has 0 bridgehead atoms. The minimum absolute atomic E-state index is 0.214. The molecule has 0 saturated heterocycles. The Kier molecular flexibility index (Phi) is 4.56. The molecule has 0 radical (unpaired) electrons. The zero-order valence-corrected chi connectivity index (χ0v) is 12.6. The highest BCUT2D eigenvalue weighted by molar-refractivity contribution is 7.07. The molecule has 1 aromatic carbocycles. The number of nitrogens with zero attached hydrogens (tertiary/aromatic N) is 1. The fourth-order valence-electron chi connectivity index (χ4n) is 2.18. The van der Waals surface area contributed by atoms with Gasteiger partial charge in [0.1, 0.15) is 5.75 Å². The molecule has 0 fully saturated rings. The van der Waals surface area contributed by atoms with Crippen LogP contribution in [0.4, 0.5) is 0 Å². The monoisotopic (exact) mass is 276 g/mol. The molecule has 3 nitrogen and oxygen atoms in total. The molecule has 1 aromatic heterocycles. The van der Waals surface area contributed by atoms with E-state index in [1.807, 2.05) is 11.6 Å². The van der Waals surface area contributed by atoms with Crippen LogP contribution in [0, 0.1) is 6.92 Å². The van der Waals surface area contributed by atoms with Crippen molar-refractivity contribution in [2.75, 3.05) is 7.11 Å². The number of nitrogens with one attached hydrogen (secondary N) is 1. The number of hydrogen-bond donors (Lipinski definition) is 1. The lowest BCUT2D eigenvalue weighted by Gasteiger charge is -2.21. The van der Waals surface area contributed by atoms with Gasteiger partial charge in [0.15, 0.2) is 0 Å². The molecule has 19 heavy (non-hydrogen) atoms. The highest BCUT2D eigenvalue weighted by Crippen LogP contribution is 2.28. The predicted molar refractivity (Wildman–Crippen MR) is 79.8 cm³/mol. The van der Waals surface area contributed by atoms with E-state index in [2.05, 4.69) is 48.6 Å². The van der Waals surface area contributed by atoms with Crippen molar-refractivity contribution in [3.05, 3.63) is 45.9 Å². The first-order valence-corrected chi connectivity index (χ1v) is 7.34. The Morgan fingerprint density at radius 2 is 2.05 bits per heavy atom. The number of aryl methyl sites for hydroxylation is 1. The summed E-state index contributed by atoms with van der Waals surface area (Å²) in [5.74, 6) is 0.927. The van der Waals surface area contributed by atoms with Crippen LogP contribution in [0.15, 0.2) is 29.1 Å². The number of methoxy groups -OCH3 is 1. The van der Waals surface area contributed by atoms with Crippen LogP contribution in [0.5, 0.6) is 5.75 Å². The van der Waals surface area contributed by atoms with Gasteiger partial charge >= 0.3 is 0 Å². The fraction of sp³-hybridized carbons (Fsp3) is 0.400. The maximum Gasteiger partial charge on any atom is 0.123 e. The summed E-state index contributed by atoms with van der Waals surface area (Å²) in [5, 5.41) is 5.65. The molecule has 2 unspecified atom stereocenters. The van der Waals surface area contributed by atoms with Crippen molar-refractivity contribution in [2.45, 2.75) is 32.9 Å². The molecule has 102 valence electrons. The number of hydrogen-bond acceptors (Lipinski definition) is 4. The maximum atomic E-state index is 5.44. The molecule has 2 rings (SSSR count). The van der Waals surface area contributed by atoms with Crippen LogP contribution in [0.25, 0.3) is 0 Å². The van der Waals surface area contributed by atoms with Crippen molar-refractivity contribution < 1.29 is 4.74 Å². The van der Waals surface area contributed by atoms with E-state index in [4.69, 9.17) is 4.74 Å².